The largest absolute Gasteiger partial charge is 0.494 e. The number of ether oxygens (including phenoxy) is 1. The van der Waals surface area contributed by atoms with Crippen LogP contribution in [-0.4, -0.2) is 12.3 Å². The maximum atomic E-state index is 13.3. The lowest BCUT2D eigenvalue weighted by atomic mass is 10.1. The molecular weight excluding hydrogens is 197 g/mol. The first-order chi connectivity index (χ1) is 7.20. The molecule has 2 aromatic rings. The van der Waals surface area contributed by atoms with Gasteiger partial charge in [-0.2, -0.15) is 0 Å². The third-order valence-corrected chi connectivity index (χ3v) is 1.99. The Hall–Kier alpha value is -1.84. The molecule has 0 aliphatic heterocycles. The summed E-state index contributed by atoms with van der Waals surface area (Å²) in [4.78, 5) is 0. The summed E-state index contributed by atoms with van der Waals surface area (Å²) in [6.45, 7) is 1.73. The van der Waals surface area contributed by atoms with E-state index >= 15 is 0 Å². The fraction of sp³-hybridized carbons (Fsp3) is 0.182. The van der Waals surface area contributed by atoms with Crippen molar-refractivity contribution in [2.24, 2.45) is 0 Å². The minimum absolute atomic E-state index is 0.207. The Labute approximate surface area is 86.5 Å². The van der Waals surface area contributed by atoms with E-state index in [2.05, 4.69) is 11.2 Å². The number of hydrogen-bond acceptors (Lipinski definition) is 3. The van der Waals surface area contributed by atoms with Crippen LogP contribution in [0.5, 0.6) is 5.75 Å². The number of halogens is 1. The van der Waals surface area contributed by atoms with Crippen LogP contribution in [0.4, 0.5) is 4.39 Å². The molecule has 0 atom stereocenters. The maximum absolute atomic E-state index is 13.3. The summed E-state index contributed by atoms with van der Waals surface area (Å²) in [7, 11) is 1.42. The molecule has 15 heavy (non-hydrogen) atoms. The molecule has 0 amide bonds. The Balaban J connectivity index is 2.42. The van der Waals surface area contributed by atoms with Crippen molar-refractivity contribution in [3.63, 3.8) is 0 Å². The highest BCUT2D eigenvalue weighted by Crippen LogP contribution is 2.24. The highest BCUT2D eigenvalue weighted by Gasteiger charge is 2.08. The standard InChI is InChI=1S/C11H9FNO2/c1-7-5-10(13-15-7)8-3-4-11(14-2)9(12)6-8/h3-4,6H,1-2H3. The van der Waals surface area contributed by atoms with Gasteiger partial charge in [-0.25, -0.2) is 4.39 Å². The zero-order chi connectivity index (χ0) is 10.8. The van der Waals surface area contributed by atoms with Crippen molar-refractivity contribution in [3.8, 4) is 17.0 Å². The van der Waals surface area contributed by atoms with E-state index in [-0.39, 0.29) is 5.75 Å². The smallest absolute Gasteiger partial charge is 0.165 e. The van der Waals surface area contributed by atoms with Gasteiger partial charge in [-0.3, -0.25) is 0 Å². The second-order valence-corrected chi connectivity index (χ2v) is 3.06. The molecule has 0 saturated carbocycles. The van der Waals surface area contributed by atoms with E-state index in [0.717, 1.165) is 0 Å². The molecule has 1 radical (unpaired) electrons. The van der Waals surface area contributed by atoms with Crippen molar-refractivity contribution >= 4 is 0 Å². The molecule has 2 rings (SSSR count). The lowest BCUT2D eigenvalue weighted by Gasteiger charge is -2.02. The van der Waals surface area contributed by atoms with Crippen molar-refractivity contribution in [1.82, 2.24) is 5.16 Å². The number of benzene rings is 1. The minimum atomic E-state index is -0.427. The fourth-order valence-corrected chi connectivity index (χ4v) is 1.27. The van der Waals surface area contributed by atoms with Gasteiger partial charge in [0.2, 0.25) is 0 Å². The molecular formula is C11H9FNO2. The van der Waals surface area contributed by atoms with Crippen LogP contribution in [0, 0.1) is 18.8 Å². The van der Waals surface area contributed by atoms with E-state index in [0.29, 0.717) is 17.0 Å². The van der Waals surface area contributed by atoms with Crippen LogP contribution < -0.4 is 4.74 Å². The summed E-state index contributed by atoms with van der Waals surface area (Å²) in [6, 6.07) is 7.46. The lowest BCUT2D eigenvalue weighted by Crippen LogP contribution is -1.88. The normalized spacial score (nSPS) is 10.3. The Kier molecular flexibility index (Phi) is 2.41. The van der Waals surface area contributed by atoms with Gasteiger partial charge in [0.1, 0.15) is 11.5 Å². The maximum Gasteiger partial charge on any atom is 0.165 e. The number of hydrogen-bond donors (Lipinski definition) is 0. The fourth-order valence-electron chi connectivity index (χ4n) is 1.27. The van der Waals surface area contributed by atoms with Gasteiger partial charge >= 0.3 is 0 Å². The zero-order valence-corrected chi connectivity index (χ0v) is 8.37. The first kappa shape index (κ1) is 9.71. The van der Waals surface area contributed by atoms with E-state index in [1.807, 2.05) is 0 Å². The predicted octanol–water partition coefficient (Wildman–Crippen LogP) is 2.60. The average molecular weight is 206 g/mol. The van der Waals surface area contributed by atoms with E-state index in [4.69, 9.17) is 9.26 Å². The Morgan fingerprint density at radius 2 is 2.27 bits per heavy atom. The van der Waals surface area contributed by atoms with Crippen molar-refractivity contribution in [3.05, 3.63) is 35.8 Å². The monoisotopic (exact) mass is 206 g/mol. The molecule has 77 valence electrons. The quantitative estimate of drug-likeness (QED) is 0.757. The molecule has 0 fully saturated rings. The summed E-state index contributed by atoms with van der Waals surface area (Å²) in [6.07, 6.45) is 0. The van der Waals surface area contributed by atoms with Crippen LogP contribution >= 0.6 is 0 Å². The molecule has 1 aromatic heterocycles. The summed E-state index contributed by atoms with van der Waals surface area (Å²) in [5, 5.41) is 3.74. The average Bonchev–Trinajstić information content (AvgIpc) is 2.65. The van der Waals surface area contributed by atoms with Crippen molar-refractivity contribution in [2.45, 2.75) is 6.92 Å². The second-order valence-electron chi connectivity index (χ2n) is 3.06. The molecule has 4 heteroatoms. The van der Waals surface area contributed by atoms with Gasteiger partial charge in [-0.1, -0.05) is 5.16 Å². The van der Waals surface area contributed by atoms with Crippen LogP contribution in [-0.2, 0) is 0 Å². The van der Waals surface area contributed by atoms with Crippen LogP contribution in [0.15, 0.2) is 22.7 Å². The van der Waals surface area contributed by atoms with Gasteiger partial charge in [0, 0.05) is 5.56 Å². The van der Waals surface area contributed by atoms with Crippen LogP contribution in [0.1, 0.15) is 5.76 Å². The van der Waals surface area contributed by atoms with Crippen LogP contribution in [0.25, 0.3) is 11.3 Å². The highest BCUT2D eigenvalue weighted by atomic mass is 19.1. The molecule has 0 spiro atoms. The molecule has 0 aliphatic rings. The molecule has 0 saturated heterocycles. The first-order valence-corrected chi connectivity index (χ1v) is 4.40. The van der Waals surface area contributed by atoms with Crippen molar-refractivity contribution in [1.29, 1.82) is 0 Å². The summed E-state index contributed by atoms with van der Waals surface area (Å²) in [5.74, 6) is 0.351. The molecule has 0 aliphatic carbocycles. The molecule has 0 N–H and O–H groups in total. The van der Waals surface area contributed by atoms with Gasteiger partial charge in [-0.05, 0) is 25.1 Å². The molecule has 0 unspecified atom stereocenters. The number of aryl methyl sites for hydroxylation is 1. The van der Waals surface area contributed by atoms with E-state index in [1.54, 1.807) is 19.1 Å². The number of rotatable bonds is 2. The molecule has 3 nitrogen and oxygen atoms in total. The zero-order valence-electron chi connectivity index (χ0n) is 8.37. The van der Waals surface area contributed by atoms with Gasteiger partial charge in [-0.15, -0.1) is 0 Å². The highest BCUT2D eigenvalue weighted by molar-refractivity contribution is 5.59. The number of methoxy groups -OCH3 is 1. The number of aromatic nitrogens is 1. The van der Waals surface area contributed by atoms with E-state index in [1.165, 1.54) is 13.2 Å². The van der Waals surface area contributed by atoms with Gasteiger partial charge in [0.15, 0.2) is 11.6 Å². The van der Waals surface area contributed by atoms with E-state index in [9.17, 15) is 4.39 Å². The van der Waals surface area contributed by atoms with Gasteiger partial charge in [0.05, 0.1) is 13.2 Å². The predicted molar refractivity (Wildman–Crippen MR) is 52.0 cm³/mol. The molecule has 0 bridgehead atoms. The topological polar surface area (TPSA) is 35.3 Å². The van der Waals surface area contributed by atoms with Crippen molar-refractivity contribution < 1.29 is 13.7 Å². The second kappa shape index (κ2) is 3.73. The minimum Gasteiger partial charge on any atom is -0.494 e. The van der Waals surface area contributed by atoms with E-state index < -0.39 is 5.82 Å². The van der Waals surface area contributed by atoms with Gasteiger partial charge in [0.25, 0.3) is 0 Å². The SMILES string of the molecule is COc1ccc(-c2[c]c(C)on2)cc1F. The van der Waals surface area contributed by atoms with Crippen LogP contribution in [0.2, 0.25) is 0 Å². The van der Waals surface area contributed by atoms with Crippen molar-refractivity contribution in [2.75, 3.05) is 7.11 Å². The van der Waals surface area contributed by atoms with Gasteiger partial charge < -0.3 is 9.26 Å². The molecule has 1 heterocycles. The molecule has 1 aromatic carbocycles. The lowest BCUT2D eigenvalue weighted by molar-refractivity contribution is 0.386. The Bertz CT molecular complexity index is 479. The Morgan fingerprint density at radius 3 is 2.80 bits per heavy atom. The summed E-state index contributed by atoms with van der Waals surface area (Å²) < 4.78 is 23.0. The first-order valence-electron chi connectivity index (χ1n) is 4.40. The Morgan fingerprint density at radius 1 is 1.47 bits per heavy atom. The third-order valence-electron chi connectivity index (χ3n) is 1.99. The third kappa shape index (κ3) is 1.83. The summed E-state index contributed by atoms with van der Waals surface area (Å²) >= 11 is 0. The summed E-state index contributed by atoms with van der Waals surface area (Å²) in [5.41, 5.74) is 1.11. The number of nitrogens with zero attached hydrogens (tertiary/aromatic N) is 1. The van der Waals surface area contributed by atoms with Crippen LogP contribution in [0.3, 0.4) is 0 Å².